The van der Waals surface area contributed by atoms with Crippen LogP contribution in [0.4, 0.5) is 17.5 Å². The van der Waals surface area contributed by atoms with Gasteiger partial charge in [0.15, 0.2) is 0 Å². The van der Waals surface area contributed by atoms with E-state index in [1.807, 2.05) is 35.3 Å². The first kappa shape index (κ1) is 18.7. The molecule has 0 saturated carbocycles. The van der Waals surface area contributed by atoms with Crippen molar-refractivity contribution in [2.45, 2.75) is 26.8 Å². The van der Waals surface area contributed by atoms with Crippen molar-refractivity contribution in [3.05, 3.63) is 36.2 Å². The zero-order valence-electron chi connectivity index (χ0n) is 17.4. The van der Waals surface area contributed by atoms with Crippen molar-refractivity contribution in [3.63, 3.8) is 0 Å². The van der Waals surface area contributed by atoms with Crippen molar-refractivity contribution in [3.8, 4) is 0 Å². The lowest BCUT2D eigenvalue weighted by Gasteiger charge is -2.30. The van der Waals surface area contributed by atoms with Crippen LogP contribution in [-0.2, 0) is 0 Å². The lowest BCUT2D eigenvalue weighted by atomic mass is 10.2. The van der Waals surface area contributed by atoms with Crippen LogP contribution in [0.25, 0.3) is 21.9 Å². The zero-order chi connectivity index (χ0) is 20.7. The molecule has 3 aromatic heterocycles. The van der Waals surface area contributed by atoms with E-state index in [1.165, 1.54) is 11.3 Å². The SMILES string of the molecule is Cc1cc(Nc2ncc3ccc4nnn(C(C)C)c4c3n2)ncc1N1CCNCC1. The number of benzene rings is 1. The fourth-order valence-corrected chi connectivity index (χ4v) is 3.91. The van der Waals surface area contributed by atoms with Crippen molar-refractivity contribution in [1.29, 1.82) is 0 Å². The summed E-state index contributed by atoms with van der Waals surface area (Å²) in [5.41, 5.74) is 4.94. The monoisotopic (exact) mass is 403 g/mol. The van der Waals surface area contributed by atoms with Gasteiger partial charge in [-0.15, -0.1) is 5.10 Å². The van der Waals surface area contributed by atoms with Crippen molar-refractivity contribution >= 4 is 39.4 Å². The summed E-state index contributed by atoms with van der Waals surface area (Å²) in [6, 6.07) is 6.17. The minimum atomic E-state index is 0.189. The fourth-order valence-electron chi connectivity index (χ4n) is 3.91. The second-order valence-electron chi connectivity index (χ2n) is 7.91. The van der Waals surface area contributed by atoms with Gasteiger partial charge < -0.3 is 15.5 Å². The number of piperazine rings is 1. The van der Waals surface area contributed by atoms with Crippen molar-refractivity contribution in [1.82, 2.24) is 35.3 Å². The Morgan fingerprint density at radius 1 is 1.10 bits per heavy atom. The molecule has 1 fully saturated rings. The van der Waals surface area contributed by atoms with Gasteiger partial charge in [0.2, 0.25) is 5.95 Å². The molecule has 154 valence electrons. The highest BCUT2D eigenvalue weighted by molar-refractivity contribution is 6.01. The molecule has 0 radical (unpaired) electrons. The highest BCUT2D eigenvalue weighted by Crippen LogP contribution is 2.26. The number of aromatic nitrogens is 6. The molecular formula is C21H25N9. The minimum Gasteiger partial charge on any atom is -0.368 e. The van der Waals surface area contributed by atoms with Crippen molar-refractivity contribution in [2.24, 2.45) is 0 Å². The van der Waals surface area contributed by atoms with Crippen LogP contribution >= 0.6 is 0 Å². The maximum atomic E-state index is 4.77. The van der Waals surface area contributed by atoms with Crippen LogP contribution in [0.5, 0.6) is 0 Å². The largest absolute Gasteiger partial charge is 0.368 e. The average molecular weight is 403 g/mol. The molecule has 1 saturated heterocycles. The number of nitrogens with one attached hydrogen (secondary N) is 2. The molecule has 5 rings (SSSR count). The van der Waals surface area contributed by atoms with Gasteiger partial charge in [-0.3, -0.25) is 0 Å². The Labute approximate surface area is 174 Å². The molecular weight excluding hydrogens is 378 g/mol. The maximum Gasteiger partial charge on any atom is 0.228 e. The average Bonchev–Trinajstić information content (AvgIpc) is 3.20. The normalized spacial score (nSPS) is 14.7. The van der Waals surface area contributed by atoms with E-state index in [0.29, 0.717) is 5.95 Å². The molecule has 0 unspecified atom stereocenters. The number of anilines is 3. The summed E-state index contributed by atoms with van der Waals surface area (Å²) >= 11 is 0. The van der Waals surface area contributed by atoms with Crippen LogP contribution in [0.3, 0.4) is 0 Å². The molecule has 2 N–H and O–H groups in total. The highest BCUT2D eigenvalue weighted by atomic mass is 15.4. The van der Waals surface area contributed by atoms with E-state index in [4.69, 9.17) is 4.98 Å². The summed E-state index contributed by atoms with van der Waals surface area (Å²) in [6.07, 6.45) is 3.75. The molecule has 4 aromatic rings. The molecule has 1 aromatic carbocycles. The number of aryl methyl sites for hydroxylation is 1. The van der Waals surface area contributed by atoms with Gasteiger partial charge in [-0.25, -0.2) is 19.6 Å². The number of fused-ring (bicyclic) bond motifs is 3. The first-order valence-electron chi connectivity index (χ1n) is 10.3. The summed E-state index contributed by atoms with van der Waals surface area (Å²) in [5.74, 6) is 1.24. The number of nitrogens with zero attached hydrogens (tertiary/aromatic N) is 7. The molecule has 0 amide bonds. The molecule has 0 spiro atoms. The summed E-state index contributed by atoms with van der Waals surface area (Å²) < 4.78 is 1.90. The predicted octanol–water partition coefficient (Wildman–Crippen LogP) is 2.81. The first-order chi connectivity index (χ1) is 14.6. The van der Waals surface area contributed by atoms with E-state index in [9.17, 15) is 0 Å². The second-order valence-corrected chi connectivity index (χ2v) is 7.91. The molecule has 0 aliphatic carbocycles. The van der Waals surface area contributed by atoms with Gasteiger partial charge in [-0.1, -0.05) is 5.21 Å². The minimum absolute atomic E-state index is 0.189. The number of hydrogen-bond donors (Lipinski definition) is 2. The molecule has 30 heavy (non-hydrogen) atoms. The number of pyridine rings is 1. The maximum absolute atomic E-state index is 4.77. The lowest BCUT2D eigenvalue weighted by molar-refractivity contribution is 0.531. The van der Waals surface area contributed by atoms with Crippen LogP contribution in [0.1, 0.15) is 25.5 Å². The smallest absolute Gasteiger partial charge is 0.228 e. The predicted molar refractivity (Wildman–Crippen MR) is 118 cm³/mol. The molecule has 9 heteroatoms. The zero-order valence-corrected chi connectivity index (χ0v) is 17.4. The number of hydrogen-bond acceptors (Lipinski definition) is 8. The molecule has 0 bridgehead atoms. The van der Waals surface area contributed by atoms with Crippen LogP contribution in [0.15, 0.2) is 30.6 Å². The first-order valence-corrected chi connectivity index (χ1v) is 10.3. The number of rotatable bonds is 4. The van der Waals surface area contributed by atoms with E-state index >= 15 is 0 Å². The Morgan fingerprint density at radius 3 is 2.70 bits per heavy atom. The topological polar surface area (TPSA) is 96.7 Å². The van der Waals surface area contributed by atoms with E-state index in [-0.39, 0.29) is 6.04 Å². The standard InChI is InChI=1S/C21H25N9/c1-13(2)30-20-16(27-28-30)5-4-15-11-24-21(26-19(15)20)25-18-10-14(3)17(12-23-18)29-8-6-22-7-9-29/h4-5,10-13,22H,6-9H2,1-3H3,(H,23,24,25,26). The summed E-state index contributed by atoms with van der Waals surface area (Å²) in [4.78, 5) is 16.2. The van der Waals surface area contributed by atoms with E-state index < -0.39 is 0 Å². The Morgan fingerprint density at radius 2 is 1.93 bits per heavy atom. The molecule has 1 aliphatic rings. The third-order valence-electron chi connectivity index (χ3n) is 5.45. The molecule has 4 heterocycles. The van der Waals surface area contributed by atoms with E-state index in [1.54, 1.807) is 0 Å². The van der Waals surface area contributed by atoms with Crippen molar-refractivity contribution < 1.29 is 0 Å². The van der Waals surface area contributed by atoms with Gasteiger partial charge >= 0.3 is 0 Å². The Kier molecular flexibility index (Phi) is 4.66. The quantitative estimate of drug-likeness (QED) is 0.537. The van der Waals surface area contributed by atoms with Gasteiger partial charge in [-0.2, -0.15) is 0 Å². The van der Waals surface area contributed by atoms with Gasteiger partial charge in [0, 0.05) is 43.8 Å². The third-order valence-corrected chi connectivity index (χ3v) is 5.45. The molecule has 0 atom stereocenters. The summed E-state index contributed by atoms with van der Waals surface area (Å²) in [7, 11) is 0. The van der Waals surface area contributed by atoms with E-state index in [2.05, 4.69) is 56.6 Å². The summed E-state index contributed by atoms with van der Waals surface area (Å²) in [5, 5.41) is 16.2. The van der Waals surface area contributed by atoms with Crippen LogP contribution < -0.4 is 15.5 Å². The van der Waals surface area contributed by atoms with Gasteiger partial charge in [0.05, 0.1) is 11.9 Å². The molecule has 9 nitrogen and oxygen atoms in total. The lowest BCUT2D eigenvalue weighted by Crippen LogP contribution is -2.43. The highest BCUT2D eigenvalue weighted by Gasteiger charge is 2.15. The Bertz CT molecular complexity index is 1210. The van der Waals surface area contributed by atoms with Crippen LogP contribution in [0, 0.1) is 6.92 Å². The third kappa shape index (κ3) is 3.30. The molecule has 1 aliphatic heterocycles. The Balaban J connectivity index is 1.48. The Hall–Kier alpha value is -3.33. The van der Waals surface area contributed by atoms with E-state index in [0.717, 1.165) is 53.9 Å². The van der Waals surface area contributed by atoms with Gasteiger partial charge in [0.25, 0.3) is 0 Å². The summed E-state index contributed by atoms with van der Waals surface area (Å²) in [6.45, 7) is 10.3. The van der Waals surface area contributed by atoms with Crippen LogP contribution in [-0.4, -0.2) is 56.1 Å². The second kappa shape index (κ2) is 7.49. The van der Waals surface area contributed by atoms with Gasteiger partial charge in [-0.05, 0) is 44.5 Å². The van der Waals surface area contributed by atoms with Crippen LogP contribution in [0.2, 0.25) is 0 Å². The van der Waals surface area contributed by atoms with Crippen molar-refractivity contribution in [2.75, 3.05) is 36.4 Å². The van der Waals surface area contributed by atoms with Gasteiger partial charge in [0.1, 0.15) is 22.4 Å². The fraction of sp³-hybridized carbons (Fsp3) is 0.381.